The molecule has 18 heavy (non-hydrogen) atoms. The van der Waals surface area contributed by atoms with E-state index in [-0.39, 0.29) is 24.5 Å². The largest absolute Gasteiger partial charge is 0.480 e. The quantitative estimate of drug-likeness (QED) is 0.583. The van der Waals surface area contributed by atoms with Crippen LogP contribution >= 0.6 is 0 Å². The summed E-state index contributed by atoms with van der Waals surface area (Å²) < 4.78 is 0. The summed E-state index contributed by atoms with van der Waals surface area (Å²) in [5.41, 5.74) is 0.231. The molecule has 1 aliphatic rings. The summed E-state index contributed by atoms with van der Waals surface area (Å²) in [6, 6.07) is -1.41. The minimum atomic E-state index is -1.13. The number of carbonyl (C=O) groups is 2. The summed E-state index contributed by atoms with van der Waals surface area (Å²) in [7, 11) is 0. The topological polar surface area (TPSA) is 98.7 Å². The summed E-state index contributed by atoms with van der Waals surface area (Å²) in [4.78, 5) is 22.4. The molecule has 1 unspecified atom stereocenters. The van der Waals surface area contributed by atoms with E-state index in [0.29, 0.717) is 0 Å². The number of carbonyl (C=O) groups excluding carboxylic acids is 1. The van der Waals surface area contributed by atoms with Crippen LogP contribution in [0.3, 0.4) is 0 Å². The lowest BCUT2D eigenvalue weighted by atomic mass is 9.92. The van der Waals surface area contributed by atoms with Crippen LogP contribution < -0.4 is 10.6 Å². The smallest absolute Gasteiger partial charge is 0.326 e. The molecule has 1 saturated carbocycles. The summed E-state index contributed by atoms with van der Waals surface area (Å²) in [5.74, 6) is -1.13. The standard InChI is InChI=1S/C12H22N2O4/c1-12(2)5-3-8(7-12)13-11(18)14-9(4-6-15)10(16)17/h8-9,15H,3-7H2,1-2H3,(H,16,17)(H2,13,14,18)/t8?,9-/m0/s1. The van der Waals surface area contributed by atoms with Gasteiger partial charge in [0.1, 0.15) is 6.04 Å². The molecule has 2 amide bonds. The Morgan fingerprint density at radius 2 is 2.11 bits per heavy atom. The third-order valence-corrected chi connectivity index (χ3v) is 3.32. The van der Waals surface area contributed by atoms with Gasteiger partial charge in [-0.05, 0) is 24.7 Å². The summed E-state index contributed by atoms with van der Waals surface area (Å²) in [6.07, 6.45) is 2.88. The zero-order valence-corrected chi connectivity index (χ0v) is 10.9. The highest BCUT2D eigenvalue weighted by Crippen LogP contribution is 2.36. The Hall–Kier alpha value is -1.30. The zero-order valence-electron chi connectivity index (χ0n) is 10.9. The minimum Gasteiger partial charge on any atom is -0.480 e. The molecule has 0 aromatic rings. The van der Waals surface area contributed by atoms with Gasteiger partial charge in [-0.3, -0.25) is 0 Å². The second-order valence-corrected chi connectivity index (χ2v) is 5.62. The fourth-order valence-electron chi connectivity index (χ4n) is 2.33. The molecule has 0 heterocycles. The van der Waals surface area contributed by atoms with Gasteiger partial charge in [0.15, 0.2) is 0 Å². The average molecular weight is 258 g/mol. The van der Waals surface area contributed by atoms with Crippen LogP contribution in [0.4, 0.5) is 4.79 Å². The molecule has 0 aliphatic heterocycles. The Bertz CT molecular complexity index is 317. The monoisotopic (exact) mass is 258 g/mol. The van der Waals surface area contributed by atoms with E-state index in [4.69, 9.17) is 10.2 Å². The van der Waals surface area contributed by atoms with Crippen molar-refractivity contribution < 1.29 is 19.8 Å². The van der Waals surface area contributed by atoms with Crippen LogP contribution in [-0.2, 0) is 4.79 Å². The first kappa shape index (κ1) is 14.8. The van der Waals surface area contributed by atoms with Gasteiger partial charge in [-0.2, -0.15) is 0 Å². The van der Waals surface area contributed by atoms with E-state index in [1.165, 1.54) is 0 Å². The van der Waals surface area contributed by atoms with Gasteiger partial charge < -0.3 is 20.8 Å². The van der Waals surface area contributed by atoms with Crippen molar-refractivity contribution in [2.75, 3.05) is 6.61 Å². The number of nitrogens with one attached hydrogen (secondary N) is 2. The minimum absolute atomic E-state index is 0.0128. The molecule has 0 aromatic heterocycles. The molecule has 1 rings (SSSR count). The van der Waals surface area contributed by atoms with Crippen LogP contribution in [0, 0.1) is 5.41 Å². The zero-order chi connectivity index (χ0) is 13.8. The maximum Gasteiger partial charge on any atom is 0.326 e. The van der Waals surface area contributed by atoms with Crippen molar-refractivity contribution in [2.24, 2.45) is 5.41 Å². The predicted molar refractivity (Wildman–Crippen MR) is 66.2 cm³/mol. The van der Waals surface area contributed by atoms with E-state index in [1.54, 1.807) is 0 Å². The molecule has 6 heteroatoms. The van der Waals surface area contributed by atoms with Crippen LogP contribution in [0.2, 0.25) is 0 Å². The second-order valence-electron chi connectivity index (χ2n) is 5.62. The molecule has 0 spiro atoms. The Labute approximate surface area is 107 Å². The first-order valence-electron chi connectivity index (χ1n) is 6.25. The average Bonchev–Trinajstić information content (AvgIpc) is 2.57. The predicted octanol–water partition coefficient (Wildman–Crippen LogP) is 0.700. The van der Waals surface area contributed by atoms with Gasteiger partial charge in [-0.1, -0.05) is 13.8 Å². The van der Waals surface area contributed by atoms with Gasteiger partial charge >= 0.3 is 12.0 Å². The van der Waals surface area contributed by atoms with E-state index in [2.05, 4.69) is 24.5 Å². The number of amides is 2. The van der Waals surface area contributed by atoms with Gasteiger partial charge in [0, 0.05) is 19.1 Å². The maximum absolute atomic E-state index is 11.6. The molecule has 6 nitrogen and oxygen atoms in total. The van der Waals surface area contributed by atoms with E-state index in [0.717, 1.165) is 19.3 Å². The van der Waals surface area contributed by atoms with Crippen LogP contribution in [-0.4, -0.2) is 40.9 Å². The Kier molecular flexibility index (Phi) is 4.95. The lowest BCUT2D eigenvalue weighted by molar-refractivity contribution is -0.139. The summed E-state index contributed by atoms with van der Waals surface area (Å²) in [6.45, 7) is 4.03. The van der Waals surface area contributed by atoms with Crippen molar-refractivity contribution in [3.8, 4) is 0 Å². The number of hydrogen-bond donors (Lipinski definition) is 4. The first-order valence-corrected chi connectivity index (χ1v) is 6.25. The molecular formula is C12H22N2O4. The number of carboxylic acid groups (broad SMARTS) is 1. The summed E-state index contributed by atoms with van der Waals surface area (Å²) in [5, 5.41) is 22.7. The second kappa shape index (κ2) is 6.04. The third kappa shape index (κ3) is 4.52. The van der Waals surface area contributed by atoms with Gasteiger partial charge in [-0.25, -0.2) is 9.59 Å². The normalized spacial score (nSPS) is 23.4. The molecule has 0 radical (unpaired) electrons. The van der Waals surface area contributed by atoms with Crippen LogP contribution in [0.5, 0.6) is 0 Å². The van der Waals surface area contributed by atoms with Crippen molar-refractivity contribution in [1.82, 2.24) is 10.6 Å². The van der Waals surface area contributed by atoms with E-state index in [1.807, 2.05) is 0 Å². The molecule has 0 aromatic carbocycles. The van der Waals surface area contributed by atoms with Gasteiger partial charge in [-0.15, -0.1) is 0 Å². The Morgan fingerprint density at radius 3 is 2.56 bits per heavy atom. The first-order chi connectivity index (χ1) is 8.34. The van der Waals surface area contributed by atoms with E-state index in [9.17, 15) is 9.59 Å². The Balaban J connectivity index is 2.39. The van der Waals surface area contributed by atoms with E-state index < -0.39 is 18.0 Å². The molecule has 4 N–H and O–H groups in total. The van der Waals surface area contributed by atoms with Crippen molar-refractivity contribution in [3.63, 3.8) is 0 Å². The third-order valence-electron chi connectivity index (χ3n) is 3.32. The SMILES string of the molecule is CC1(C)CCC(NC(=O)N[C@@H](CCO)C(=O)O)C1. The molecular weight excluding hydrogens is 236 g/mol. The highest BCUT2D eigenvalue weighted by molar-refractivity contribution is 5.82. The van der Waals surface area contributed by atoms with Crippen molar-refractivity contribution in [2.45, 2.75) is 51.6 Å². The number of carboxylic acids is 1. The molecule has 1 aliphatic carbocycles. The lowest BCUT2D eigenvalue weighted by Crippen LogP contribution is -2.49. The van der Waals surface area contributed by atoms with Crippen LogP contribution in [0.1, 0.15) is 39.5 Å². The van der Waals surface area contributed by atoms with Gasteiger partial charge in [0.25, 0.3) is 0 Å². The molecule has 104 valence electrons. The number of hydrogen-bond acceptors (Lipinski definition) is 3. The van der Waals surface area contributed by atoms with Crippen LogP contribution in [0.15, 0.2) is 0 Å². The fourth-order valence-corrected chi connectivity index (χ4v) is 2.33. The van der Waals surface area contributed by atoms with Crippen molar-refractivity contribution in [3.05, 3.63) is 0 Å². The molecule has 1 fully saturated rings. The molecule has 2 atom stereocenters. The van der Waals surface area contributed by atoms with Crippen molar-refractivity contribution in [1.29, 1.82) is 0 Å². The van der Waals surface area contributed by atoms with E-state index >= 15 is 0 Å². The maximum atomic E-state index is 11.6. The van der Waals surface area contributed by atoms with Gasteiger partial charge in [0.05, 0.1) is 0 Å². The summed E-state index contributed by atoms with van der Waals surface area (Å²) >= 11 is 0. The Morgan fingerprint density at radius 1 is 1.44 bits per heavy atom. The molecule has 0 saturated heterocycles. The number of aliphatic hydroxyl groups excluding tert-OH is 1. The van der Waals surface area contributed by atoms with Crippen molar-refractivity contribution >= 4 is 12.0 Å². The highest BCUT2D eigenvalue weighted by atomic mass is 16.4. The fraction of sp³-hybridized carbons (Fsp3) is 0.833. The lowest BCUT2D eigenvalue weighted by Gasteiger charge is -2.19. The van der Waals surface area contributed by atoms with Crippen LogP contribution in [0.25, 0.3) is 0 Å². The number of urea groups is 1. The number of rotatable bonds is 5. The number of aliphatic carboxylic acids is 1. The number of aliphatic hydroxyl groups is 1. The van der Waals surface area contributed by atoms with Gasteiger partial charge in [0.2, 0.25) is 0 Å². The molecule has 0 bridgehead atoms. The highest BCUT2D eigenvalue weighted by Gasteiger charge is 2.32.